The molecule has 3 heteroatoms. The van der Waals surface area contributed by atoms with Gasteiger partial charge in [-0.05, 0) is 17.8 Å². The van der Waals surface area contributed by atoms with Crippen molar-refractivity contribution < 1.29 is 0 Å². The summed E-state index contributed by atoms with van der Waals surface area (Å²) < 4.78 is 0. The normalized spacial score (nSPS) is 16.2. The first-order valence-electron chi connectivity index (χ1n) is 7.33. The van der Waals surface area contributed by atoms with Gasteiger partial charge in [0.2, 0.25) is 0 Å². The molecule has 1 nitrogen and oxygen atoms in total. The minimum absolute atomic E-state index is 0.0345. The Kier molecular flexibility index (Phi) is 5.03. The third kappa shape index (κ3) is 3.63. The predicted molar refractivity (Wildman–Crippen MR) is 98.1 cm³/mol. The maximum absolute atomic E-state index is 6.18. The molecule has 0 radical (unpaired) electrons. The van der Waals surface area contributed by atoms with Crippen molar-refractivity contribution in [2.75, 3.05) is 0 Å². The molecule has 0 saturated carbocycles. The van der Waals surface area contributed by atoms with Gasteiger partial charge in [-0.3, -0.25) is 5.09 Å². The van der Waals surface area contributed by atoms with E-state index in [-0.39, 0.29) is 11.2 Å². The second-order valence-corrected chi connectivity index (χ2v) is 11.4. The number of nitrogens with one attached hydrogen (secondary N) is 1. The van der Waals surface area contributed by atoms with Crippen LogP contribution < -0.4 is 10.4 Å². The van der Waals surface area contributed by atoms with Crippen molar-refractivity contribution in [3.8, 4) is 0 Å². The fraction of sp³-hybridized carbons (Fsp3) is 0.333. The van der Waals surface area contributed by atoms with Crippen LogP contribution >= 0.6 is 6.19 Å². The molecule has 2 atom stereocenters. The zero-order valence-corrected chi connectivity index (χ0v) is 14.9. The van der Waals surface area contributed by atoms with E-state index in [2.05, 4.69) is 81.3 Å². The molecule has 2 rings (SSSR count). The average molecular weight is 317 g/mol. The quantitative estimate of drug-likeness (QED) is 0.809. The molecule has 0 aliphatic heterocycles. The highest BCUT2D eigenvalue weighted by Gasteiger charge is 2.34. The van der Waals surface area contributed by atoms with Gasteiger partial charge in [0, 0.05) is 17.4 Å². The molecular formula is C18H24NPS. The summed E-state index contributed by atoms with van der Waals surface area (Å²) in [5, 5.41) is 5.09. The molecule has 0 fully saturated rings. The van der Waals surface area contributed by atoms with Crippen LogP contribution in [0.4, 0.5) is 0 Å². The molecule has 1 N–H and O–H groups in total. The number of benzene rings is 2. The van der Waals surface area contributed by atoms with Crippen LogP contribution in [0.15, 0.2) is 60.7 Å². The highest BCUT2D eigenvalue weighted by atomic mass is 32.4. The van der Waals surface area contributed by atoms with E-state index in [0.29, 0.717) is 0 Å². The zero-order chi connectivity index (χ0) is 15.5. The van der Waals surface area contributed by atoms with Crippen LogP contribution in [0.3, 0.4) is 0 Å². The van der Waals surface area contributed by atoms with E-state index < -0.39 is 6.19 Å². The Hall–Kier alpha value is -0.950. The lowest BCUT2D eigenvalue weighted by Gasteiger charge is -2.38. The Balaban J connectivity index is 2.37. The van der Waals surface area contributed by atoms with Crippen LogP contribution in [-0.2, 0) is 11.8 Å². The monoisotopic (exact) mass is 317 g/mol. The lowest BCUT2D eigenvalue weighted by atomic mass is 10.1. The van der Waals surface area contributed by atoms with E-state index in [1.165, 1.54) is 10.9 Å². The van der Waals surface area contributed by atoms with E-state index >= 15 is 0 Å². The number of rotatable bonds is 4. The van der Waals surface area contributed by atoms with Crippen LogP contribution in [0.25, 0.3) is 0 Å². The standard InChI is InChI=1S/C18H24NPS/c1-15(16-11-7-5-8-12-16)19-20(21,18(2,3)4)17-13-9-6-10-14-17/h5-15H,1-4H3,(H,19,21)/t15-,20-/m0/s1. The summed E-state index contributed by atoms with van der Waals surface area (Å²) in [5.74, 6) is 0. The minimum Gasteiger partial charge on any atom is -0.278 e. The first-order chi connectivity index (χ1) is 9.84. The summed E-state index contributed by atoms with van der Waals surface area (Å²) in [4.78, 5) is 0. The summed E-state index contributed by atoms with van der Waals surface area (Å²) in [5.41, 5.74) is 1.28. The summed E-state index contributed by atoms with van der Waals surface area (Å²) in [6.07, 6.45) is -1.89. The number of hydrogen-bond donors (Lipinski definition) is 1. The Morgan fingerprint density at radius 2 is 1.38 bits per heavy atom. The van der Waals surface area contributed by atoms with Crippen molar-refractivity contribution in [3.63, 3.8) is 0 Å². The third-order valence-corrected chi connectivity index (χ3v) is 10.00. The molecule has 0 aliphatic carbocycles. The van der Waals surface area contributed by atoms with Crippen molar-refractivity contribution in [1.29, 1.82) is 0 Å². The Labute approximate surface area is 133 Å². The smallest absolute Gasteiger partial charge is 0.0460 e. The average Bonchev–Trinajstić information content (AvgIpc) is 2.47. The third-order valence-electron chi connectivity index (χ3n) is 3.74. The molecule has 0 bridgehead atoms. The van der Waals surface area contributed by atoms with Gasteiger partial charge < -0.3 is 0 Å². The maximum atomic E-state index is 6.18. The van der Waals surface area contributed by atoms with Gasteiger partial charge in [0.1, 0.15) is 0 Å². The largest absolute Gasteiger partial charge is 0.278 e. The highest BCUT2D eigenvalue weighted by molar-refractivity contribution is 8.18. The maximum Gasteiger partial charge on any atom is 0.0460 e. The molecule has 0 unspecified atom stereocenters. The second kappa shape index (κ2) is 6.44. The van der Waals surface area contributed by atoms with E-state index in [1.807, 2.05) is 12.1 Å². The van der Waals surface area contributed by atoms with Crippen LogP contribution in [0, 0.1) is 0 Å². The zero-order valence-electron chi connectivity index (χ0n) is 13.2. The molecule has 2 aromatic carbocycles. The van der Waals surface area contributed by atoms with Gasteiger partial charge in [-0.1, -0.05) is 93.2 Å². The lowest BCUT2D eigenvalue weighted by molar-refractivity contribution is 0.703. The van der Waals surface area contributed by atoms with Gasteiger partial charge in [-0.2, -0.15) is 0 Å². The lowest BCUT2D eigenvalue weighted by Crippen LogP contribution is -2.33. The van der Waals surface area contributed by atoms with Crippen LogP contribution in [-0.4, -0.2) is 5.16 Å². The summed E-state index contributed by atoms with van der Waals surface area (Å²) in [6.45, 7) is 8.92. The minimum atomic E-state index is -1.89. The van der Waals surface area contributed by atoms with Crippen molar-refractivity contribution in [2.45, 2.75) is 38.9 Å². The van der Waals surface area contributed by atoms with Gasteiger partial charge >= 0.3 is 0 Å². The van der Waals surface area contributed by atoms with Gasteiger partial charge in [-0.15, -0.1) is 0 Å². The number of hydrogen-bond acceptors (Lipinski definition) is 1. The summed E-state index contributed by atoms with van der Waals surface area (Å²) >= 11 is 6.18. The molecule has 21 heavy (non-hydrogen) atoms. The Bertz CT molecular complexity index is 617. The van der Waals surface area contributed by atoms with Crippen molar-refractivity contribution in [2.24, 2.45) is 0 Å². The molecule has 112 valence electrons. The van der Waals surface area contributed by atoms with E-state index in [0.717, 1.165) is 0 Å². The molecule has 0 saturated heterocycles. The fourth-order valence-electron chi connectivity index (χ4n) is 2.38. The first-order valence-corrected chi connectivity index (χ1v) is 10.1. The van der Waals surface area contributed by atoms with E-state index in [1.54, 1.807) is 0 Å². The molecule has 0 aliphatic rings. The molecule has 0 spiro atoms. The molecule has 0 amide bonds. The van der Waals surface area contributed by atoms with Crippen LogP contribution in [0.5, 0.6) is 0 Å². The topological polar surface area (TPSA) is 12.0 Å². The first kappa shape index (κ1) is 16.4. The Morgan fingerprint density at radius 1 is 0.905 bits per heavy atom. The fourth-order valence-corrected chi connectivity index (χ4v) is 5.82. The highest BCUT2D eigenvalue weighted by Crippen LogP contribution is 2.54. The van der Waals surface area contributed by atoms with Gasteiger partial charge in [-0.25, -0.2) is 0 Å². The van der Waals surface area contributed by atoms with Crippen LogP contribution in [0.1, 0.15) is 39.3 Å². The van der Waals surface area contributed by atoms with Crippen molar-refractivity contribution >= 4 is 23.3 Å². The molecule has 2 aromatic rings. The van der Waals surface area contributed by atoms with Gasteiger partial charge in [0.15, 0.2) is 0 Å². The summed E-state index contributed by atoms with van der Waals surface area (Å²) in [7, 11) is 0. The summed E-state index contributed by atoms with van der Waals surface area (Å²) in [6, 6.07) is 21.3. The molecule has 0 aromatic heterocycles. The van der Waals surface area contributed by atoms with E-state index in [4.69, 9.17) is 11.8 Å². The molecular weight excluding hydrogens is 293 g/mol. The van der Waals surface area contributed by atoms with Gasteiger partial charge in [0.05, 0.1) is 0 Å². The predicted octanol–water partition coefficient (Wildman–Crippen LogP) is 4.86. The van der Waals surface area contributed by atoms with Crippen molar-refractivity contribution in [3.05, 3.63) is 66.2 Å². The van der Waals surface area contributed by atoms with Crippen molar-refractivity contribution in [1.82, 2.24) is 5.09 Å². The Morgan fingerprint density at radius 3 is 1.86 bits per heavy atom. The van der Waals surface area contributed by atoms with Crippen LogP contribution in [0.2, 0.25) is 0 Å². The van der Waals surface area contributed by atoms with E-state index in [9.17, 15) is 0 Å². The molecule has 0 heterocycles. The van der Waals surface area contributed by atoms with Gasteiger partial charge in [0.25, 0.3) is 0 Å². The second-order valence-electron chi connectivity index (χ2n) is 6.38. The SMILES string of the molecule is C[C@H](N[P@](=S)(c1ccccc1)C(C)(C)C)c1ccccc1.